The van der Waals surface area contributed by atoms with E-state index in [2.05, 4.69) is 0 Å². The Kier molecular flexibility index (Phi) is 2.48. The molecule has 2 aromatic rings. The van der Waals surface area contributed by atoms with Crippen LogP contribution in [0.2, 0.25) is 0 Å². The molecule has 1 aromatic carbocycles. The second kappa shape index (κ2) is 4.37. The van der Waals surface area contributed by atoms with Gasteiger partial charge in [-0.25, -0.2) is 23.5 Å². The number of fused-ring (bicyclic) bond motifs is 1. The van der Waals surface area contributed by atoms with Crippen LogP contribution in [-0.2, 0) is 0 Å². The molecule has 3 aliphatic carbocycles. The zero-order valence-corrected chi connectivity index (χ0v) is 14.4. The summed E-state index contributed by atoms with van der Waals surface area (Å²) in [6.07, 6.45) is 9.65. The molecule has 5 aliphatic rings. The van der Waals surface area contributed by atoms with Crippen molar-refractivity contribution in [3.05, 3.63) is 51.3 Å². The van der Waals surface area contributed by atoms with Crippen LogP contribution in [0.4, 0.5) is 0 Å². The second-order valence-electron chi connectivity index (χ2n) is 8.55. The summed E-state index contributed by atoms with van der Waals surface area (Å²) in [5.41, 5.74) is 0.995. The first-order chi connectivity index (χ1) is 12.2. The maximum atomic E-state index is 13.3. The van der Waals surface area contributed by atoms with Crippen molar-refractivity contribution in [2.24, 2.45) is 10.8 Å². The van der Waals surface area contributed by atoms with E-state index in [4.69, 9.17) is 0 Å². The zero-order valence-electron chi connectivity index (χ0n) is 14.4. The number of hydrogen-bond acceptors (Lipinski definition) is 2. The Labute approximate surface area is 145 Å². The van der Waals surface area contributed by atoms with Crippen molar-refractivity contribution in [3.63, 3.8) is 0 Å². The average Bonchev–Trinajstić information content (AvgIpc) is 2.90. The van der Waals surface area contributed by atoms with Crippen molar-refractivity contribution in [1.29, 1.82) is 0 Å². The summed E-state index contributed by atoms with van der Waals surface area (Å²) >= 11 is 0. The first-order valence-corrected chi connectivity index (χ1v) is 9.71. The molecule has 1 aromatic heterocycles. The van der Waals surface area contributed by atoms with Crippen LogP contribution in [0.5, 0.6) is 0 Å². The van der Waals surface area contributed by atoms with Crippen molar-refractivity contribution in [3.8, 4) is 5.69 Å². The molecule has 5 nitrogen and oxygen atoms in total. The molecule has 4 atom stereocenters. The summed E-state index contributed by atoms with van der Waals surface area (Å²) < 4.78 is 5.13. The maximum Gasteiger partial charge on any atom is 0.352 e. The number of rotatable bonds is 1. The van der Waals surface area contributed by atoms with Crippen LogP contribution < -0.4 is 11.4 Å². The van der Waals surface area contributed by atoms with Crippen LogP contribution in [0, 0.1) is 10.8 Å². The van der Waals surface area contributed by atoms with E-state index < -0.39 is 0 Å². The van der Waals surface area contributed by atoms with E-state index in [1.807, 2.05) is 39.7 Å². The van der Waals surface area contributed by atoms with Crippen LogP contribution >= 0.6 is 0 Å². The normalized spacial score (nSPS) is 37.8. The van der Waals surface area contributed by atoms with Gasteiger partial charge in [0.25, 0.3) is 0 Å². The Balaban J connectivity index is 1.65. The van der Waals surface area contributed by atoms with E-state index in [0.717, 1.165) is 12.8 Å². The van der Waals surface area contributed by atoms with E-state index in [1.165, 1.54) is 43.1 Å². The minimum atomic E-state index is -0.133. The van der Waals surface area contributed by atoms with Crippen molar-refractivity contribution in [1.82, 2.24) is 13.9 Å². The first kappa shape index (κ1) is 14.2. The minimum Gasteiger partial charge on any atom is -0.245 e. The van der Waals surface area contributed by atoms with Gasteiger partial charge in [0.15, 0.2) is 0 Å². The lowest BCUT2D eigenvalue weighted by molar-refractivity contribution is -0.242. The summed E-state index contributed by atoms with van der Waals surface area (Å²) in [6, 6.07) is 9.84. The molecule has 7 rings (SSSR count). The third kappa shape index (κ3) is 1.37. The fraction of sp³-hybridized carbons (Fsp3) is 0.600. The molecule has 5 heteroatoms. The molecule has 3 heterocycles. The van der Waals surface area contributed by atoms with Gasteiger partial charge in [-0.1, -0.05) is 31.0 Å². The van der Waals surface area contributed by atoms with Crippen molar-refractivity contribution in [2.45, 2.75) is 63.5 Å². The number of benzene rings is 1. The molecule has 0 saturated heterocycles. The van der Waals surface area contributed by atoms with Crippen molar-refractivity contribution < 1.29 is 0 Å². The molecule has 25 heavy (non-hydrogen) atoms. The van der Waals surface area contributed by atoms with Gasteiger partial charge in [-0.05, 0) is 50.7 Å². The monoisotopic (exact) mass is 337 g/mol. The number of nitrogens with zero attached hydrogens (tertiary/aromatic N) is 3. The van der Waals surface area contributed by atoms with Gasteiger partial charge < -0.3 is 0 Å². The molecule has 2 bridgehead atoms. The van der Waals surface area contributed by atoms with E-state index in [-0.39, 0.29) is 34.3 Å². The molecule has 0 radical (unpaired) electrons. The lowest BCUT2D eigenvalue weighted by Crippen LogP contribution is -2.69. The quantitative estimate of drug-likeness (QED) is 0.803. The average molecular weight is 337 g/mol. The van der Waals surface area contributed by atoms with Crippen LogP contribution in [0.25, 0.3) is 5.69 Å². The predicted molar refractivity (Wildman–Crippen MR) is 94.2 cm³/mol. The molecule has 3 saturated carbocycles. The summed E-state index contributed by atoms with van der Waals surface area (Å²) in [7, 11) is 0. The van der Waals surface area contributed by atoms with Gasteiger partial charge in [0.1, 0.15) is 0 Å². The van der Waals surface area contributed by atoms with E-state index >= 15 is 0 Å². The molecule has 0 N–H and O–H groups in total. The summed E-state index contributed by atoms with van der Waals surface area (Å²) in [6.45, 7) is 0. The van der Waals surface area contributed by atoms with Gasteiger partial charge in [0.2, 0.25) is 0 Å². The fourth-order valence-electron chi connectivity index (χ4n) is 7.14. The van der Waals surface area contributed by atoms with Crippen LogP contribution in [0.1, 0.15) is 63.5 Å². The standard InChI is InChI=1S/C20H23N3O2/c24-17-21(14-6-2-1-3-7-14)18(25)23-16-9-8-15(22(17)23)19-10-4-5-11-20(16,19)13-12-19/h1-3,6-7,15-16H,4-5,8-13H2. The topological polar surface area (TPSA) is 48.9 Å². The van der Waals surface area contributed by atoms with Crippen LogP contribution in [-0.4, -0.2) is 13.9 Å². The number of aromatic nitrogens is 3. The first-order valence-electron chi connectivity index (χ1n) is 9.71. The minimum absolute atomic E-state index is 0.133. The Morgan fingerprint density at radius 1 is 0.760 bits per heavy atom. The molecular formula is C20H23N3O2. The van der Waals surface area contributed by atoms with Gasteiger partial charge in [0.05, 0.1) is 17.8 Å². The Bertz CT molecular complexity index is 925. The summed E-state index contributed by atoms with van der Waals surface area (Å²) in [4.78, 5) is 26.5. The van der Waals surface area contributed by atoms with Crippen LogP contribution in [0.15, 0.2) is 39.9 Å². The molecule has 0 spiro atoms. The number of para-hydroxylation sites is 1. The lowest BCUT2D eigenvalue weighted by Gasteiger charge is -2.73. The van der Waals surface area contributed by atoms with Gasteiger partial charge >= 0.3 is 11.4 Å². The summed E-state index contributed by atoms with van der Waals surface area (Å²) in [5.74, 6) is 0. The molecular weight excluding hydrogens is 314 g/mol. The van der Waals surface area contributed by atoms with Crippen LogP contribution in [0.3, 0.4) is 0 Å². The SMILES string of the molecule is O=c1n(-c2ccccc2)c(=O)n2n1C1CCC2C23CCCCC12CC3. The molecule has 4 unspecified atom stereocenters. The highest BCUT2D eigenvalue weighted by atomic mass is 16.2. The van der Waals surface area contributed by atoms with E-state index in [9.17, 15) is 9.59 Å². The molecule has 2 aliphatic heterocycles. The van der Waals surface area contributed by atoms with E-state index in [1.54, 1.807) is 0 Å². The molecule has 3 fully saturated rings. The Hall–Kier alpha value is -2.04. The Morgan fingerprint density at radius 3 is 1.76 bits per heavy atom. The van der Waals surface area contributed by atoms with Gasteiger partial charge in [-0.3, -0.25) is 0 Å². The predicted octanol–water partition coefficient (Wildman–Crippen LogP) is 3.03. The lowest BCUT2D eigenvalue weighted by atomic mass is 9.36. The maximum absolute atomic E-state index is 13.3. The Morgan fingerprint density at radius 2 is 1.28 bits per heavy atom. The zero-order chi connectivity index (χ0) is 16.8. The van der Waals surface area contributed by atoms with E-state index in [0.29, 0.717) is 5.69 Å². The van der Waals surface area contributed by atoms with Gasteiger partial charge in [-0.15, -0.1) is 0 Å². The highest BCUT2D eigenvalue weighted by Crippen LogP contribution is 2.77. The third-order valence-electron chi connectivity index (χ3n) is 8.11. The second-order valence-corrected chi connectivity index (χ2v) is 8.55. The molecule has 0 amide bonds. The smallest absolute Gasteiger partial charge is 0.245 e. The highest BCUT2D eigenvalue weighted by molar-refractivity contribution is 5.31. The van der Waals surface area contributed by atoms with Gasteiger partial charge in [-0.2, -0.15) is 0 Å². The summed E-state index contributed by atoms with van der Waals surface area (Å²) in [5, 5.41) is 0. The molecule has 130 valence electrons. The number of hydrogen-bond donors (Lipinski definition) is 0. The van der Waals surface area contributed by atoms with Gasteiger partial charge in [0, 0.05) is 10.8 Å². The fourth-order valence-corrected chi connectivity index (χ4v) is 7.14. The van der Waals surface area contributed by atoms with Crippen molar-refractivity contribution >= 4 is 0 Å². The highest BCUT2D eigenvalue weighted by Gasteiger charge is 2.72. The van der Waals surface area contributed by atoms with Crippen molar-refractivity contribution in [2.75, 3.05) is 0 Å². The largest absolute Gasteiger partial charge is 0.352 e. The third-order valence-corrected chi connectivity index (χ3v) is 8.11.